The van der Waals surface area contributed by atoms with Crippen LogP contribution in [0, 0.1) is 11.3 Å². The maximum atomic E-state index is 13.5. The van der Waals surface area contributed by atoms with Gasteiger partial charge in [0.15, 0.2) is 0 Å². The molecule has 0 fully saturated rings. The van der Waals surface area contributed by atoms with E-state index >= 15 is 0 Å². The number of hydrogen-bond donors (Lipinski definition) is 2. The molecule has 4 rings (SSSR count). The Morgan fingerprint density at radius 1 is 1.03 bits per heavy atom. The zero-order valence-electron chi connectivity index (χ0n) is 20.0. The number of nitrogens with zero attached hydrogens (tertiary/aromatic N) is 1. The zero-order chi connectivity index (χ0) is 26.2. The highest BCUT2D eigenvalue weighted by atomic mass is 35.5. The van der Waals surface area contributed by atoms with Crippen LogP contribution in [-0.4, -0.2) is 17.6 Å². The van der Waals surface area contributed by atoms with Crippen molar-refractivity contribution in [3.05, 3.63) is 123 Å². The highest BCUT2D eigenvalue weighted by Gasteiger charge is 2.36. The normalized spacial score (nSPS) is 15.0. The average Bonchev–Trinajstić information content (AvgIpc) is 2.91. The molecule has 3 aromatic carbocycles. The minimum Gasteiger partial charge on any atom is -0.460 e. The third kappa shape index (κ3) is 6.42. The van der Waals surface area contributed by atoms with E-state index in [2.05, 4.69) is 16.7 Å². The summed E-state index contributed by atoms with van der Waals surface area (Å²) >= 11 is 7.71. The molecule has 0 spiro atoms. The van der Waals surface area contributed by atoms with Crippen LogP contribution in [0.2, 0.25) is 5.02 Å². The van der Waals surface area contributed by atoms with Gasteiger partial charge in [0.2, 0.25) is 0 Å². The van der Waals surface area contributed by atoms with Crippen molar-refractivity contribution in [2.75, 3.05) is 11.1 Å². The Kier molecular flexibility index (Phi) is 8.68. The molecule has 6 nitrogen and oxygen atoms in total. The highest BCUT2D eigenvalue weighted by molar-refractivity contribution is 8.03. The molecule has 1 unspecified atom stereocenters. The average molecular weight is 530 g/mol. The first-order valence-corrected chi connectivity index (χ1v) is 12.9. The van der Waals surface area contributed by atoms with Crippen molar-refractivity contribution in [2.45, 2.75) is 19.4 Å². The van der Waals surface area contributed by atoms with Crippen molar-refractivity contribution in [2.24, 2.45) is 0 Å². The molecule has 1 heterocycles. The number of nitriles is 1. The van der Waals surface area contributed by atoms with Crippen molar-refractivity contribution in [3.63, 3.8) is 0 Å². The van der Waals surface area contributed by atoms with Gasteiger partial charge in [0.1, 0.15) is 6.61 Å². The number of carbonyl (C=O) groups excluding carboxylic acids is 2. The summed E-state index contributed by atoms with van der Waals surface area (Å²) in [5.41, 5.74) is 3.40. The van der Waals surface area contributed by atoms with Crippen LogP contribution in [0.5, 0.6) is 0 Å². The number of allylic oxidation sites excluding steroid dienone is 2. The summed E-state index contributed by atoms with van der Waals surface area (Å²) in [5, 5.41) is 17.2. The number of halogens is 1. The molecule has 0 saturated carbocycles. The predicted molar refractivity (Wildman–Crippen MR) is 146 cm³/mol. The molecule has 1 amide bonds. The smallest absolute Gasteiger partial charge is 0.316 e. The number of ether oxygens (including phenoxy) is 1. The molecule has 3 aromatic rings. The Labute approximate surface area is 225 Å². The monoisotopic (exact) mass is 529 g/mol. The number of amides is 1. The number of para-hydroxylation sites is 1. The molecular weight excluding hydrogens is 506 g/mol. The first-order chi connectivity index (χ1) is 18.0. The quantitative estimate of drug-likeness (QED) is 0.340. The Balaban J connectivity index is 1.60. The second-order valence-corrected chi connectivity index (χ2v) is 9.62. The van der Waals surface area contributed by atoms with Crippen molar-refractivity contribution in [3.8, 4) is 6.07 Å². The molecule has 0 bridgehead atoms. The maximum Gasteiger partial charge on any atom is 0.316 e. The standard InChI is InChI=1S/C29H24ClN3O3S/c1-19-26(28(35)33-21-12-6-3-7-13-21)27(22-14-8-9-15-24(22)30)23(16-31)29(32-19)37-18-25(34)36-17-20-10-4-2-5-11-20/h2-15,27,32H,17-18H2,1H3,(H,33,35). The summed E-state index contributed by atoms with van der Waals surface area (Å²) in [6.07, 6.45) is 0. The molecule has 0 aromatic heterocycles. The molecule has 8 heteroatoms. The fraction of sp³-hybridized carbons (Fsp3) is 0.138. The van der Waals surface area contributed by atoms with Gasteiger partial charge in [-0.3, -0.25) is 9.59 Å². The van der Waals surface area contributed by atoms with E-state index in [9.17, 15) is 14.9 Å². The lowest BCUT2D eigenvalue weighted by Gasteiger charge is -2.30. The molecule has 1 aliphatic rings. The first kappa shape index (κ1) is 26.1. The van der Waals surface area contributed by atoms with Crippen LogP contribution in [0.15, 0.2) is 107 Å². The van der Waals surface area contributed by atoms with Gasteiger partial charge >= 0.3 is 5.97 Å². The van der Waals surface area contributed by atoms with Gasteiger partial charge in [-0.25, -0.2) is 0 Å². The summed E-state index contributed by atoms with van der Waals surface area (Å²) in [6, 6.07) is 27.9. The van der Waals surface area contributed by atoms with Gasteiger partial charge in [0.25, 0.3) is 5.91 Å². The number of benzene rings is 3. The number of esters is 1. The lowest BCUT2D eigenvalue weighted by molar-refractivity contribution is -0.141. The predicted octanol–water partition coefficient (Wildman–Crippen LogP) is 6.15. The van der Waals surface area contributed by atoms with Gasteiger partial charge in [0.05, 0.1) is 28.3 Å². The number of thioether (sulfide) groups is 1. The fourth-order valence-corrected chi connectivity index (χ4v) is 5.11. The Bertz CT molecular complexity index is 1400. The summed E-state index contributed by atoms with van der Waals surface area (Å²) < 4.78 is 5.38. The van der Waals surface area contributed by atoms with Gasteiger partial charge in [-0.1, -0.05) is 90.1 Å². The lowest BCUT2D eigenvalue weighted by Crippen LogP contribution is -2.31. The number of anilines is 1. The third-order valence-electron chi connectivity index (χ3n) is 5.72. The van der Waals surface area contributed by atoms with E-state index in [4.69, 9.17) is 16.3 Å². The number of rotatable bonds is 8. The van der Waals surface area contributed by atoms with Crippen LogP contribution in [-0.2, 0) is 20.9 Å². The largest absolute Gasteiger partial charge is 0.460 e. The first-order valence-electron chi connectivity index (χ1n) is 11.5. The molecular formula is C29H24ClN3O3S. The van der Waals surface area contributed by atoms with Gasteiger partial charge in [0, 0.05) is 22.0 Å². The molecule has 1 aliphatic heterocycles. The van der Waals surface area contributed by atoms with Gasteiger partial charge in [-0.2, -0.15) is 5.26 Å². The number of nitrogens with one attached hydrogen (secondary N) is 2. The molecule has 0 radical (unpaired) electrons. The topological polar surface area (TPSA) is 91.2 Å². The van der Waals surface area contributed by atoms with Gasteiger partial charge < -0.3 is 15.4 Å². The molecule has 0 saturated heterocycles. The van der Waals surface area contributed by atoms with Crippen LogP contribution < -0.4 is 10.6 Å². The highest BCUT2D eigenvalue weighted by Crippen LogP contribution is 2.43. The van der Waals surface area contributed by atoms with E-state index < -0.39 is 11.9 Å². The molecule has 1 atom stereocenters. The summed E-state index contributed by atoms with van der Waals surface area (Å²) in [7, 11) is 0. The van der Waals surface area contributed by atoms with Crippen molar-refractivity contribution in [1.82, 2.24) is 5.32 Å². The van der Waals surface area contributed by atoms with Gasteiger partial charge in [-0.05, 0) is 36.2 Å². The van der Waals surface area contributed by atoms with Crippen LogP contribution in [0.1, 0.15) is 24.0 Å². The zero-order valence-corrected chi connectivity index (χ0v) is 21.6. The van der Waals surface area contributed by atoms with Crippen LogP contribution in [0.25, 0.3) is 0 Å². The van der Waals surface area contributed by atoms with E-state index in [1.54, 1.807) is 37.3 Å². The van der Waals surface area contributed by atoms with Gasteiger partial charge in [-0.15, -0.1) is 0 Å². The Morgan fingerprint density at radius 2 is 1.68 bits per heavy atom. The minimum atomic E-state index is -0.716. The lowest BCUT2D eigenvalue weighted by atomic mass is 9.82. The molecule has 0 aliphatic carbocycles. The Morgan fingerprint density at radius 3 is 2.35 bits per heavy atom. The summed E-state index contributed by atoms with van der Waals surface area (Å²) in [6.45, 7) is 1.94. The maximum absolute atomic E-state index is 13.5. The number of dihydropyridines is 1. The SMILES string of the molecule is CC1=C(C(=O)Nc2ccccc2)C(c2ccccc2Cl)C(C#N)=C(SCC(=O)OCc2ccccc2)N1. The molecule has 186 valence electrons. The van der Waals surface area contributed by atoms with Crippen molar-refractivity contribution >= 4 is 40.9 Å². The van der Waals surface area contributed by atoms with Crippen LogP contribution in [0.4, 0.5) is 5.69 Å². The summed E-state index contributed by atoms with van der Waals surface area (Å²) in [5.74, 6) is -1.48. The van der Waals surface area contributed by atoms with E-state index in [-0.39, 0.29) is 18.3 Å². The minimum absolute atomic E-state index is 0.00554. The molecule has 37 heavy (non-hydrogen) atoms. The van der Waals surface area contributed by atoms with Crippen molar-refractivity contribution in [1.29, 1.82) is 5.26 Å². The van der Waals surface area contributed by atoms with Crippen LogP contribution in [0.3, 0.4) is 0 Å². The van der Waals surface area contributed by atoms with E-state index in [0.29, 0.717) is 38.1 Å². The van der Waals surface area contributed by atoms with E-state index in [1.807, 2.05) is 54.6 Å². The second kappa shape index (κ2) is 12.3. The van der Waals surface area contributed by atoms with Crippen molar-refractivity contribution < 1.29 is 14.3 Å². The van der Waals surface area contributed by atoms with E-state index in [0.717, 1.165) is 17.3 Å². The third-order valence-corrected chi connectivity index (χ3v) is 7.05. The number of carbonyl (C=O) groups is 2. The second-order valence-electron chi connectivity index (χ2n) is 8.23. The molecule has 2 N–H and O–H groups in total. The fourth-order valence-electron chi connectivity index (χ4n) is 3.98. The Hall–Kier alpha value is -3.99. The summed E-state index contributed by atoms with van der Waals surface area (Å²) in [4.78, 5) is 25.9. The van der Waals surface area contributed by atoms with Crippen LogP contribution >= 0.6 is 23.4 Å². The van der Waals surface area contributed by atoms with E-state index in [1.165, 1.54) is 0 Å². The number of hydrogen-bond acceptors (Lipinski definition) is 6.